The molecule has 0 saturated carbocycles. The SMILES string of the molecule is Cc1ccc(SC(=C[C@@H](C)C(C)(C)C)O[SiH](C)C)cc1. The first-order chi connectivity index (χ1) is 9.18. The van der Waals surface area contributed by atoms with Gasteiger partial charge < -0.3 is 4.43 Å². The molecule has 0 fully saturated rings. The van der Waals surface area contributed by atoms with Gasteiger partial charge in [0.15, 0.2) is 0 Å². The first-order valence-corrected chi connectivity index (χ1v) is 10.9. The summed E-state index contributed by atoms with van der Waals surface area (Å²) in [5.74, 6) is 0.489. The maximum absolute atomic E-state index is 6.11. The number of rotatable bonds is 5. The molecular formula is C17H28OSSi. The Balaban J connectivity index is 2.89. The zero-order chi connectivity index (χ0) is 15.3. The van der Waals surface area contributed by atoms with Crippen molar-refractivity contribution in [3.05, 3.63) is 41.0 Å². The van der Waals surface area contributed by atoms with Crippen LogP contribution in [0.15, 0.2) is 40.3 Å². The summed E-state index contributed by atoms with van der Waals surface area (Å²) in [5.41, 5.74) is 1.56. The third-order valence-electron chi connectivity index (χ3n) is 3.34. The van der Waals surface area contributed by atoms with E-state index in [9.17, 15) is 0 Å². The van der Waals surface area contributed by atoms with Gasteiger partial charge in [-0.2, -0.15) is 0 Å². The Morgan fingerprint density at radius 2 is 1.75 bits per heavy atom. The van der Waals surface area contributed by atoms with Crippen molar-refractivity contribution >= 4 is 20.8 Å². The molecule has 0 aromatic heterocycles. The van der Waals surface area contributed by atoms with E-state index in [-0.39, 0.29) is 5.41 Å². The summed E-state index contributed by atoms with van der Waals surface area (Å²) in [5, 5.41) is 1.07. The molecule has 1 nitrogen and oxygen atoms in total. The minimum atomic E-state index is -1.08. The molecule has 20 heavy (non-hydrogen) atoms. The van der Waals surface area contributed by atoms with Crippen molar-refractivity contribution < 1.29 is 4.43 Å². The fourth-order valence-corrected chi connectivity index (χ4v) is 3.60. The van der Waals surface area contributed by atoms with Gasteiger partial charge >= 0.3 is 0 Å². The second kappa shape index (κ2) is 7.37. The standard InChI is InChI=1S/C17H28OSSi/c1-13-8-10-15(11-9-13)19-16(18-20(6)7)12-14(2)17(3,4)5/h8-12,14,20H,1-7H3/t14-/m1/s1. The van der Waals surface area contributed by atoms with Crippen LogP contribution in [0.25, 0.3) is 0 Å². The molecule has 0 radical (unpaired) electrons. The first kappa shape index (κ1) is 17.4. The summed E-state index contributed by atoms with van der Waals surface area (Å²) in [6, 6.07) is 8.64. The summed E-state index contributed by atoms with van der Waals surface area (Å²) < 4.78 is 6.11. The van der Waals surface area contributed by atoms with Crippen LogP contribution in [0.1, 0.15) is 33.3 Å². The smallest absolute Gasteiger partial charge is 0.230 e. The van der Waals surface area contributed by atoms with Gasteiger partial charge in [-0.1, -0.05) is 57.2 Å². The van der Waals surface area contributed by atoms with Crippen LogP contribution in [0.3, 0.4) is 0 Å². The highest BCUT2D eigenvalue weighted by atomic mass is 32.2. The van der Waals surface area contributed by atoms with Gasteiger partial charge in [0.25, 0.3) is 0 Å². The van der Waals surface area contributed by atoms with Crippen LogP contribution < -0.4 is 0 Å². The van der Waals surface area contributed by atoms with E-state index >= 15 is 0 Å². The molecular weight excluding hydrogens is 280 g/mol. The summed E-state index contributed by atoms with van der Waals surface area (Å²) in [7, 11) is -1.08. The number of aryl methyl sites for hydroxylation is 1. The molecule has 0 aliphatic rings. The number of allylic oxidation sites excluding steroid dienone is 1. The van der Waals surface area contributed by atoms with Crippen molar-refractivity contribution in [1.82, 2.24) is 0 Å². The zero-order valence-electron chi connectivity index (χ0n) is 13.9. The Kier molecular flexibility index (Phi) is 6.40. The normalized spacial score (nSPS) is 14.5. The number of hydrogen-bond acceptors (Lipinski definition) is 2. The van der Waals surface area contributed by atoms with Crippen LogP contribution in [0, 0.1) is 18.3 Å². The summed E-state index contributed by atoms with van der Waals surface area (Å²) in [6.07, 6.45) is 2.29. The molecule has 0 aliphatic carbocycles. The molecule has 0 saturated heterocycles. The third kappa shape index (κ3) is 6.19. The van der Waals surface area contributed by atoms with Crippen molar-refractivity contribution in [3.8, 4) is 0 Å². The lowest BCUT2D eigenvalue weighted by molar-refractivity contribution is 0.308. The lowest BCUT2D eigenvalue weighted by atomic mass is 9.82. The van der Waals surface area contributed by atoms with Crippen molar-refractivity contribution in [1.29, 1.82) is 0 Å². The van der Waals surface area contributed by atoms with Crippen molar-refractivity contribution in [2.45, 2.75) is 52.6 Å². The van der Waals surface area contributed by atoms with E-state index in [4.69, 9.17) is 4.43 Å². The maximum Gasteiger partial charge on any atom is 0.230 e. The number of benzene rings is 1. The monoisotopic (exact) mass is 308 g/mol. The molecule has 0 N–H and O–H groups in total. The molecule has 0 amide bonds. The van der Waals surface area contributed by atoms with Gasteiger partial charge in [0, 0.05) is 4.90 Å². The van der Waals surface area contributed by atoms with Crippen LogP contribution in [0.4, 0.5) is 0 Å². The average molecular weight is 309 g/mol. The summed E-state index contributed by atoms with van der Waals surface area (Å²) in [4.78, 5) is 1.25. The Bertz CT molecular complexity index is 443. The van der Waals surface area contributed by atoms with Crippen molar-refractivity contribution in [3.63, 3.8) is 0 Å². The lowest BCUT2D eigenvalue weighted by Gasteiger charge is -2.25. The van der Waals surface area contributed by atoms with Gasteiger partial charge in [0.1, 0.15) is 5.09 Å². The Morgan fingerprint density at radius 3 is 2.20 bits per heavy atom. The third-order valence-corrected chi connectivity index (χ3v) is 5.18. The van der Waals surface area contributed by atoms with Crippen LogP contribution in [0.2, 0.25) is 13.1 Å². The molecule has 0 bridgehead atoms. The van der Waals surface area contributed by atoms with Gasteiger partial charge in [-0.3, -0.25) is 0 Å². The van der Waals surface area contributed by atoms with Crippen LogP contribution in [-0.4, -0.2) is 9.04 Å². The fourth-order valence-electron chi connectivity index (χ4n) is 1.51. The highest BCUT2D eigenvalue weighted by molar-refractivity contribution is 8.03. The van der Waals surface area contributed by atoms with Gasteiger partial charge in [-0.05, 0) is 49.6 Å². The summed E-state index contributed by atoms with van der Waals surface area (Å²) >= 11 is 1.74. The van der Waals surface area contributed by atoms with Crippen LogP contribution >= 0.6 is 11.8 Å². The van der Waals surface area contributed by atoms with E-state index in [1.54, 1.807) is 11.8 Å². The lowest BCUT2D eigenvalue weighted by Crippen LogP contribution is -2.16. The van der Waals surface area contributed by atoms with Gasteiger partial charge in [-0.25, -0.2) is 0 Å². The molecule has 1 atom stereocenters. The van der Waals surface area contributed by atoms with Crippen molar-refractivity contribution in [2.24, 2.45) is 11.3 Å². The summed E-state index contributed by atoms with van der Waals surface area (Å²) in [6.45, 7) is 15.6. The molecule has 0 heterocycles. The molecule has 1 aromatic rings. The van der Waals surface area contributed by atoms with Gasteiger partial charge in [-0.15, -0.1) is 0 Å². The van der Waals surface area contributed by atoms with E-state index in [0.717, 1.165) is 5.09 Å². The predicted molar refractivity (Wildman–Crippen MR) is 93.7 cm³/mol. The number of hydrogen-bond donors (Lipinski definition) is 0. The topological polar surface area (TPSA) is 9.23 Å². The second-order valence-corrected chi connectivity index (χ2v) is 10.1. The zero-order valence-corrected chi connectivity index (χ0v) is 15.8. The average Bonchev–Trinajstić information content (AvgIpc) is 2.30. The molecule has 1 rings (SSSR count). The first-order valence-electron chi connectivity index (χ1n) is 7.31. The maximum atomic E-state index is 6.11. The molecule has 0 aliphatic heterocycles. The Labute approximate surface area is 130 Å². The minimum absolute atomic E-state index is 0.265. The number of thioether (sulfide) groups is 1. The molecule has 1 aromatic carbocycles. The molecule has 0 unspecified atom stereocenters. The second-order valence-electron chi connectivity index (χ2n) is 6.72. The van der Waals surface area contributed by atoms with Crippen LogP contribution in [0.5, 0.6) is 0 Å². The quantitative estimate of drug-likeness (QED) is 0.397. The van der Waals surface area contributed by atoms with E-state index in [2.05, 4.69) is 78.1 Å². The van der Waals surface area contributed by atoms with Crippen molar-refractivity contribution in [2.75, 3.05) is 0 Å². The molecule has 3 heteroatoms. The van der Waals surface area contributed by atoms with E-state index in [1.165, 1.54) is 10.5 Å². The van der Waals surface area contributed by atoms with E-state index < -0.39 is 9.04 Å². The van der Waals surface area contributed by atoms with E-state index in [0.29, 0.717) is 5.92 Å². The molecule has 0 spiro atoms. The highest BCUT2D eigenvalue weighted by Gasteiger charge is 2.19. The Hall–Kier alpha value is -0.673. The highest BCUT2D eigenvalue weighted by Crippen LogP contribution is 2.33. The largest absolute Gasteiger partial charge is 0.543 e. The minimum Gasteiger partial charge on any atom is -0.543 e. The molecule has 112 valence electrons. The van der Waals surface area contributed by atoms with Gasteiger partial charge in [0.2, 0.25) is 9.04 Å². The van der Waals surface area contributed by atoms with E-state index in [1.807, 2.05) is 0 Å². The predicted octanol–water partition coefficient (Wildman–Crippen LogP) is 5.61. The Morgan fingerprint density at radius 1 is 1.20 bits per heavy atom. The van der Waals surface area contributed by atoms with Crippen LogP contribution in [-0.2, 0) is 4.43 Å². The fraction of sp³-hybridized carbons (Fsp3) is 0.529. The van der Waals surface area contributed by atoms with Gasteiger partial charge in [0.05, 0.1) is 0 Å².